The molecule has 1 atom stereocenters. The molecular weight excluding hydrogens is 314 g/mol. The maximum absolute atomic E-state index is 5.71. The standard InChI is InChI=1S/C16H20BrN3/c17-15-5-1-4-14-13(15)7-9-19-16(14)20-10-2-3-12(11-20)6-8-18/h1,4-5,7,9,12H,2-3,6,8,10-11,18H2. The van der Waals surface area contributed by atoms with Crippen LogP contribution in [0.4, 0.5) is 5.82 Å². The van der Waals surface area contributed by atoms with Gasteiger partial charge < -0.3 is 10.6 Å². The van der Waals surface area contributed by atoms with E-state index in [-0.39, 0.29) is 0 Å². The Morgan fingerprint density at radius 3 is 3.05 bits per heavy atom. The molecule has 0 bridgehead atoms. The third-order valence-corrected chi connectivity index (χ3v) is 4.82. The summed E-state index contributed by atoms with van der Waals surface area (Å²) in [5.41, 5.74) is 5.71. The Hall–Kier alpha value is -1.13. The van der Waals surface area contributed by atoms with Gasteiger partial charge in [-0.2, -0.15) is 0 Å². The van der Waals surface area contributed by atoms with Gasteiger partial charge in [-0.05, 0) is 43.9 Å². The zero-order valence-electron chi connectivity index (χ0n) is 11.6. The first-order chi connectivity index (χ1) is 9.79. The fourth-order valence-electron chi connectivity index (χ4n) is 3.13. The number of halogens is 1. The van der Waals surface area contributed by atoms with E-state index in [2.05, 4.69) is 50.1 Å². The van der Waals surface area contributed by atoms with Gasteiger partial charge in [0.05, 0.1) is 0 Å². The van der Waals surface area contributed by atoms with Crippen molar-refractivity contribution in [1.29, 1.82) is 0 Å². The largest absolute Gasteiger partial charge is 0.356 e. The van der Waals surface area contributed by atoms with E-state index in [0.29, 0.717) is 5.92 Å². The number of rotatable bonds is 3. The number of piperidine rings is 1. The summed E-state index contributed by atoms with van der Waals surface area (Å²) in [6.45, 7) is 2.96. The van der Waals surface area contributed by atoms with Crippen LogP contribution in [0.3, 0.4) is 0 Å². The normalized spacial score (nSPS) is 19.5. The fraction of sp³-hybridized carbons (Fsp3) is 0.438. The van der Waals surface area contributed by atoms with Crippen molar-refractivity contribution in [3.8, 4) is 0 Å². The maximum atomic E-state index is 5.71. The maximum Gasteiger partial charge on any atom is 0.136 e. The number of nitrogens with two attached hydrogens (primary N) is 1. The zero-order valence-corrected chi connectivity index (χ0v) is 13.1. The number of nitrogens with zero attached hydrogens (tertiary/aromatic N) is 2. The highest BCUT2D eigenvalue weighted by Crippen LogP contribution is 2.32. The minimum Gasteiger partial charge on any atom is -0.356 e. The molecule has 1 aliphatic heterocycles. The molecule has 1 unspecified atom stereocenters. The summed E-state index contributed by atoms with van der Waals surface area (Å²) in [6, 6.07) is 8.40. The third-order valence-electron chi connectivity index (χ3n) is 4.13. The zero-order chi connectivity index (χ0) is 13.9. The summed E-state index contributed by atoms with van der Waals surface area (Å²) in [5.74, 6) is 1.82. The molecule has 0 aliphatic carbocycles. The van der Waals surface area contributed by atoms with Gasteiger partial charge in [0, 0.05) is 34.5 Å². The van der Waals surface area contributed by atoms with E-state index in [1.165, 1.54) is 23.6 Å². The van der Waals surface area contributed by atoms with E-state index in [1.54, 1.807) is 0 Å². The predicted octanol–water partition coefficient (Wildman–Crippen LogP) is 3.56. The lowest BCUT2D eigenvalue weighted by atomic mass is 9.94. The molecule has 0 radical (unpaired) electrons. The van der Waals surface area contributed by atoms with Crippen LogP contribution in [0.25, 0.3) is 10.8 Å². The van der Waals surface area contributed by atoms with Crippen LogP contribution in [-0.4, -0.2) is 24.6 Å². The van der Waals surface area contributed by atoms with Crippen molar-refractivity contribution in [3.63, 3.8) is 0 Å². The topological polar surface area (TPSA) is 42.1 Å². The van der Waals surface area contributed by atoms with Crippen LogP contribution in [0.2, 0.25) is 0 Å². The first kappa shape index (κ1) is 13.8. The van der Waals surface area contributed by atoms with Crippen LogP contribution in [0.1, 0.15) is 19.3 Å². The molecule has 20 heavy (non-hydrogen) atoms. The fourth-order valence-corrected chi connectivity index (χ4v) is 3.63. The number of anilines is 1. The Kier molecular flexibility index (Phi) is 4.22. The Morgan fingerprint density at radius 2 is 2.20 bits per heavy atom. The highest BCUT2D eigenvalue weighted by molar-refractivity contribution is 9.10. The minimum atomic E-state index is 0.706. The lowest BCUT2D eigenvalue weighted by Gasteiger charge is -2.34. The summed E-state index contributed by atoms with van der Waals surface area (Å²) < 4.78 is 1.13. The number of benzene rings is 1. The van der Waals surface area contributed by atoms with Crippen molar-refractivity contribution in [3.05, 3.63) is 34.9 Å². The molecule has 0 spiro atoms. The van der Waals surface area contributed by atoms with Crippen molar-refractivity contribution in [2.45, 2.75) is 19.3 Å². The monoisotopic (exact) mass is 333 g/mol. The van der Waals surface area contributed by atoms with Gasteiger partial charge >= 0.3 is 0 Å². The van der Waals surface area contributed by atoms with Crippen LogP contribution in [0.15, 0.2) is 34.9 Å². The number of fused-ring (bicyclic) bond motifs is 1. The van der Waals surface area contributed by atoms with E-state index < -0.39 is 0 Å². The average molecular weight is 334 g/mol. The van der Waals surface area contributed by atoms with Crippen molar-refractivity contribution >= 4 is 32.5 Å². The quantitative estimate of drug-likeness (QED) is 0.933. The lowest BCUT2D eigenvalue weighted by molar-refractivity contribution is 0.395. The molecule has 0 amide bonds. The molecule has 1 saturated heterocycles. The summed E-state index contributed by atoms with van der Waals surface area (Å²) in [4.78, 5) is 7.07. The second-order valence-corrected chi connectivity index (χ2v) is 6.36. The summed E-state index contributed by atoms with van der Waals surface area (Å²) in [5, 5.41) is 2.47. The number of aromatic nitrogens is 1. The molecule has 2 N–H and O–H groups in total. The summed E-state index contributed by atoms with van der Waals surface area (Å²) in [7, 11) is 0. The number of pyridine rings is 1. The van der Waals surface area contributed by atoms with Crippen molar-refractivity contribution in [2.75, 3.05) is 24.5 Å². The van der Waals surface area contributed by atoms with Gasteiger partial charge in [-0.25, -0.2) is 4.98 Å². The van der Waals surface area contributed by atoms with Crippen molar-refractivity contribution in [2.24, 2.45) is 11.7 Å². The molecular formula is C16H20BrN3. The number of hydrogen-bond acceptors (Lipinski definition) is 3. The molecule has 2 aromatic rings. The smallest absolute Gasteiger partial charge is 0.136 e. The highest BCUT2D eigenvalue weighted by Gasteiger charge is 2.21. The van der Waals surface area contributed by atoms with Gasteiger partial charge in [0.25, 0.3) is 0 Å². The third kappa shape index (κ3) is 2.67. The molecule has 106 valence electrons. The second kappa shape index (κ2) is 6.10. The highest BCUT2D eigenvalue weighted by atomic mass is 79.9. The first-order valence-corrected chi connectivity index (χ1v) is 8.07. The van der Waals surface area contributed by atoms with Gasteiger partial charge in [0.1, 0.15) is 5.82 Å². The SMILES string of the molecule is NCCC1CCCN(c2nccc3c(Br)cccc23)C1. The molecule has 0 saturated carbocycles. The van der Waals surface area contributed by atoms with Gasteiger partial charge in [-0.15, -0.1) is 0 Å². The Labute approximate surface area is 128 Å². The average Bonchev–Trinajstić information content (AvgIpc) is 2.48. The molecule has 4 heteroatoms. The summed E-state index contributed by atoms with van der Waals surface area (Å²) in [6.07, 6.45) is 5.55. The van der Waals surface area contributed by atoms with Gasteiger partial charge in [0.2, 0.25) is 0 Å². The first-order valence-electron chi connectivity index (χ1n) is 7.28. The number of hydrogen-bond donors (Lipinski definition) is 1. The Balaban J connectivity index is 1.95. The van der Waals surface area contributed by atoms with Crippen LogP contribution in [0, 0.1) is 5.92 Å². The lowest BCUT2D eigenvalue weighted by Crippen LogP contribution is -2.36. The van der Waals surface area contributed by atoms with E-state index in [1.807, 2.05) is 6.20 Å². The molecule has 1 aromatic carbocycles. The van der Waals surface area contributed by atoms with Gasteiger partial charge in [-0.3, -0.25) is 0 Å². The van der Waals surface area contributed by atoms with Crippen LogP contribution in [0.5, 0.6) is 0 Å². The van der Waals surface area contributed by atoms with Gasteiger partial charge in [0.15, 0.2) is 0 Å². The molecule has 1 aromatic heterocycles. The van der Waals surface area contributed by atoms with E-state index in [0.717, 1.165) is 36.3 Å². The Morgan fingerprint density at radius 1 is 1.30 bits per heavy atom. The molecule has 3 rings (SSSR count). The van der Waals surface area contributed by atoms with E-state index in [4.69, 9.17) is 5.73 Å². The molecule has 2 heterocycles. The molecule has 1 fully saturated rings. The van der Waals surface area contributed by atoms with Crippen LogP contribution in [-0.2, 0) is 0 Å². The Bertz CT molecular complexity index is 597. The van der Waals surface area contributed by atoms with Gasteiger partial charge in [-0.1, -0.05) is 28.1 Å². The summed E-state index contributed by atoms with van der Waals surface area (Å²) >= 11 is 3.63. The van der Waals surface area contributed by atoms with Crippen LogP contribution < -0.4 is 10.6 Å². The predicted molar refractivity (Wildman–Crippen MR) is 88.1 cm³/mol. The molecule has 1 aliphatic rings. The minimum absolute atomic E-state index is 0.706. The van der Waals surface area contributed by atoms with Crippen molar-refractivity contribution < 1.29 is 0 Å². The molecule has 3 nitrogen and oxygen atoms in total. The van der Waals surface area contributed by atoms with E-state index in [9.17, 15) is 0 Å². The van der Waals surface area contributed by atoms with Crippen molar-refractivity contribution in [1.82, 2.24) is 4.98 Å². The van der Waals surface area contributed by atoms with E-state index >= 15 is 0 Å². The van der Waals surface area contributed by atoms with Crippen LogP contribution >= 0.6 is 15.9 Å². The second-order valence-electron chi connectivity index (χ2n) is 5.50.